The Morgan fingerprint density at radius 3 is 2.21 bits per heavy atom. The van der Waals surface area contributed by atoms with E-state index in [9.17, 15) is 9.59 Å². The van der Waals surface area contributed by atoms with Crippen molar-refractivity contribution < 1.29 is 19.4 Å². The van der Waals surface area contributed by atoms with Gasteiger partial charge >= 0.3 is 5.97 Å². The van der Waals surface area contributed by atoms with Crippen LogP contribution in [-0.2, 0) is 14.3 Å². The van der Waals surface area contributed by atoms with Gasteiger partial charge in [-0.05, 0) is 11.5 Å². The molecule has 104 valence electrons. The molecular weight excluding hydrogens is 246 g/mol. The molecule has 5 heteroatoms. The van der Waals surface area contributed by atoms with Gasteiger partial charge in [0.1, 0.15) is 6.04 Å². The lowest BCUT2D eigenvalue weighted by molar-refractivity contribution is -0.145. The first-order valence-electron chi connectivity index (χ1n) is 6.08. The van der Waals surface area contributed by atoms with Crippen LogP contribution in [0, 0.1) is 5.92 Å². The Balaban J connectivity index is 2.83. The maximum absolute atomic E-state index is 12.1. The van der Waals surface area contributed by atoms with E-state index >= 15 is 0 Å². The van der Waals surface area contributed by atoms with Crippen molar-refractivity contribution in [1.82, 2.24) is 5.32 Å². The van der Waals surface area contributed by atoms with E-state index in [1.807, 2.05) is 6.07 Å². The highest BCUT2D eigenvalue weighted by Gasteiger charge is 2.28. The number of carboxylic acids is 1. The minimum atomic E-state index is -1.05. The summed E-state index contributed by atoms with van der Waals surface area (Å²) < 4.78 is 5.15. The lowest BCUT2D eigenvalue weighted by atomic mass is 10.0. The molecule has 0 fully saturated rings. The molecule has 5 nitrogen and oxygen atoms in total. The van der Waals surface area contributed by atoms with Crippen molar-refractivity contribution in [3.63, 3.8) is 0 Å². The minimum absolute atomic E-state index is 0.199. The number of carboxylic acid groups (broad SMARTS) is 1. The molecule has 0 aromatic heterocycles. The number of benzene rings is 1. The number of carbonyl (C=O) groups is 2. The Kier molecular flexibility index (Phi) is 5.51. The highest BCUT2D eigenvalue weighted by atomic mass is 16.5. The van der Waals surface area contributed by atoms with Crippen LogP contribution in [0.2, 0.25) is 0 Å². The largest absolute Gasteiger partial charge is 0.480 e. The molecule has 19 heavy (non-hydrogen) atoms. The van der Waals surface area contributed by atoms with Gasteiger partial charge in [0.15, 0.2) is 6.10 Å². The van der Waals surface area contributed by atoms with Gasteiger partial charge in [-0.25, -0.2) is 4.79 Å². The van der Waals surface area contributed by atoms with Crippen molar-refractivity contribution in [3.05, 3.63) is 35.9 Å². The second kappa shape index (κ2) is 6.89. The Bertz CT molecular complexity index is 430. The first kappa shape index (κ1) is 15.2. The summed E-state index contributed by atoms with van der Waals surface area (Å²) in [4.78, 5) is 23.2. The molecule has 1 rings (SSSR count). The Morgan fingerprint density at radius 2 is 1.79 bits per heavy atom. The summed E-state index contributed by atoms with van der Waals surface area (Å²) in [6.45, 7) is 3.48. The molecule has 0 aliphatic carbocycles. The van der Waals surface area contributed by atoms with Gasteiger partial charge < -0.3 is 15.2 Å². The highest BCUT2D eigenvalue weighted by Crippen LogP contribution is 2.17. The quantitative estimate of drug-likeness (QED) is 0.819. The van der Waals surface area contributed by atoms with E-state index in [0.29, 0.717) is 5.56 Å². The fraction of sp³-hybridized carbons (Fsp3) is 0.429. The second-order valence-corrected chi connectivity index (χ2v) is 4.59. The molecule has 0 bridgehead atoms. The van der Waals surface area contributed by atoms with Crippen molar-refractivity contribution in [2.75, 3.05) is 7.11 Å². The topological polar surface area (TPSA) is 75.6 Å². The van der Waals surface area contributed by atoms with Gasteiger partial charge in [0.2, 0.25) is 0 Å². The van der Waals surface area contributed by atoms with Crippen LogP contribution in [0.1, 0.15) is 25.5 Å². The van der Waals surface area contributed by atoms with Gasteiger partial charge in [-0.3, -0.25) is 4.79 Å². The first-order valence-corrected chi connectivity index (χ1v) is 6.08. The molecule has 2 N–H and O–H groups in total. The van der Waals surface area contributed by atoms with Crippen molar-refractivity contribution in [3.8, 4) is 0 Å². The molecule has 0 aliphatic heterocycles. The summed E-state index contributed by atoms with van der Waals surface area (Å²) in [7, 11) is 1.42. The van der Waals surface area contributed by atoms with Crippen molar-refractivity contribution in [2.45, 2.75) is 26.0 Å². The Morgan fingerprint density at radius 1 is 1.21 bits per heavy atom. The van der Waals surface area contributed by atoms with Crippen LogP contribution < -0.4 is 5.32 Å². The monoisotopic (exact) mass is 265 g/mol. The number of ether oxygens (including phenoxy) is 1. The molecule has 0 aliphatic rings. The number of methoxy groups -OCH3 is 1. The Labute approximate surface area is 112 Å². The van der Waals surface area contributed by atoms with Crippen molar-refractivity contribution in [2.24, 2.45) is 5.92 Å². The molecule has 0 saturated carbocycles. The van der Waals surface area contributed by atoms with Crippen LogP contribution >= 0.6 is 0 Å². The highest BCUT2D eigenvalue weighted by molar-refractivity contribution is 5.87. The van der Waals surface area contributed by atoms with Crippen LogP contribution in [0.4, 0.5) is 0 Å². The summed E-state index contributed by atoms with van der Waals surface area (Å²) in [5.41, 5.74) is 0.690. The molecule has 0 heterocycles. The standard InChI is InChI=1S/C14H19NO4/c1-9(2)11(14(17)18)15-13(16)12(19-3)10-7-5-4-6-8-10/h4-9,11-12H,1-3H3,(H,15,16)(H,17,18)/t11-,12?/m0/s1. The molecule has 2 atom stereocenters. The first-order chi connectivity index (χ1) is 8.97. The van der Waals surface area contributed by atoms with Crippen LogP contribution in [-0.4, -0.2) is 30.1 Å². The minimum Gasteiger partial charge on any atom is -0.480 e. The summed E-state index contributed by atoms with van der Waals surface area (Å²) in [6.07, 6.45) is -0.804. The SMILES string of the molecule is COC(C(=O)N[C@H](C(=O)O)C(C)C)c1ccccc1. The number of aliphatic carboxylic acids is 1. The predicted molar refractivity (Wildman–Crippen MR) is 70.6 cm³/mol. The number of rotatable bonds is 6. The lowest BCUT2D eigenvalue weighted by Crippen LogP contribution is -2.46. The van der Waals surface area contributed by atoms with Crippen molar-refractivity contribution >= 4 is 11.9 Å². The summed E-state index contributed by atoms with van der Waals surface area (Å²) in [6, 6.07) is 8.03. The van der Waals surface area contributed by atoms with Gasteiger partial charge in [0, 0.05) is 7.11 Å². The number of carbonyl (C=O) groups excluding carboxylic acids is 1. The van der Waals surface area contributed by atoms with E-state index < -0.39 is 24.0 Å². The van der Waals surface area contributed by atoms with E-state index in [1.54, 1.807) is 38.1 Å². The summed E-state index contributed by atoms with van der Waals surface area (Å²) >= 11 is 0. The van der Waals surface area contributed by atoms with E-state index in [-0.39, 0.29) is 5.92 Å². The van der Waals surface area contributed by atoms with Gasteiger partial charge in [-0.2, -0.15) is 0 Å². The van der Waals surface area contributed by atoms with Gasteiger partial charge in [0.25, 0.3) is 5.91 Å². The van der Waals surface area contributed by atoms with Gasteiger partial charge in [-0.15, -0.1) is 0 Å². The summed E-state index contributed by atoms with van der Waals surface area (Å²) in [5, 5.41) is 11.6. The fourth-order valence-electron chi connectivity index (χ4n) is 1.76. The molecule has 0 saturated heterocycles. The predicted octanol–water partition coefficient (Wildman–Crippen LogP) is 1.60. The zero-order valence-electron chi connectivity index (χ0n) is 11.3. The zero-order chi connectivity index (χ0) is 14.4. The Hall–Kier alpha value is -1.88. The lowest BCUT2D eigenvalue weighted by Gasteiger charge is -2.21. The van der Waals surface area contributed by atoms with E-state index in [0.717, 1.165) is 0 Å². The van der Waals surface area contributed by atoms with Gasteiger partial charge in [0.05, 0.1) is 0 Å². The van der Waals surface area contributed by atoms with Gasteiger partial charge in [-0.1, -0.05) is 44.2 Å². The normalized spacial score (nSPS) is 13.9. The third kappa shape index (κ3) is 4.06. The maximum atomic E-state index is 12.1. The van der Waals surface area contributed by atoms with Crippen LogP contribution in [0.15, 0.2) is 30.3 Å². The number of amides is 1. The summed E-state index contributed by atoms with van der Waals surface area (Å²) in [5.74, 6) is -1.70. The molecule has 1 unspecified atom stereocenters. The molecule has 0 spiro atoms. The average Bonchev–Trinajstić information content (AvgIpc) is 2.37. The maximum Gasteiger partial charge on any atom is 0.326 e. The zero-order valence-corrected chi connectivity index (χ0v) is 11.3. The van der Waals surface area contributed by atoms with E-state index in [2.05, 4.69) is 5.32 Å². The molecule has 1 aromatic rings. The molecule has 0 radical (unpaired) electrons. The number of hydrogen-bond acceptors (Lipinski definition) is 3. The van der Waals surface area contributed by atoms with Crippen LogP contribution in [0.3, 0.4) is 0 Å². The molecule has 1 amide bonds. The fourth-order valence-corrected chi connectivity index (χ4v) is 1.76. The molecule has 1 aromatic carbocycles. The number of hydrogen-bond donors (Lipinski definition) is 2. The van der Waals surface area contributed by atoms with Crippen LogP contribution in [0.5, 0.6) is 0 Å². The van der Waals surface area contributed by atoms with Crippen LogP contribution in [0.25, 0.3) is 0 Å². The average molecular weight is 265 g/mol. The smallest absolute Gasteiger partial charge is 0.326 e. The number of nitrogens with one attached hydrogen (secondary N) is 1. The van der Waals surface area contributed by atoms with Crippen molar-refractivity contribution in [1.29, 1.82) is 0 Å². The third-order valence-corrected chi connectivity index (χ3v) is 2.81. The van der Waals surface area contributed by atoms with E-state index in [4.69, 9.17) is 9.84 Å². The second-order valence-electron chi connectivity index (χ2n) is 4.59. The third-order valence-electron chi connectivity index (χ3n) is 2.81. The molecular formula is C14H19NO4. The van der Waals surface area contributed by atoms with E-state index in [1.165, 1.54) is 7.11 Å².